The number of benzene rings is 3. The Morgan fingerprint density at radius 1 is 0.938 bits per heavy atom. The van der Waals surface area contributed by atoms with Crippen molar-refractivity contribution in [2.45, 2.75) is 32.4 Å². The summed E-state index contributed by atoms with van der Waals surface area (Å²) in [4.78, 5) is 30.5. The third-order valence-corrected chi connectivity index (χ3v) is 5.89. The molecule has 0 aromatic heterocycles. The first kappa shape index (κ1) is 21.6. The van der Waals surface area contributed by atoms with Crippen LogP contribution in [0, 0.1) is 0 Å². The van der Waals surface area contributed by atoms with E-state index in [2.05, 4.69) is 11.4 Å². The van der Waals surface area contributed by atoms with Crippen LogP contribution in [0.3, 0.4) is 0 Å². The van der Waals surface area contributed by atoms with Gasteiger partial charge in [0.1, 0.15) is 6.17 Å². The van der Waals surface area contributed by atoms with E-state index in [4.69, 9.17) is 0 Å². The fourth-order valence-corrected chi connectivity index (χ4v) is 4.28. The summed E-state index contributed by atoms with van der Waals surface area (Å²) < 4.78 is 0. The molecule has 0 radical (unpaired) electrons. The first-order valence-electron chi connectivity index (χ1n) is 11.2. The molecule has 1 aliphatic heterocycles. The van der Waals surface area contributed by atoms with Crippen molar-refractivity contribution in [2.75, 3.05) is 22.9 Å². The van der Waals surface area contributed by atoms with Crippen molar-refractivity contribution in [3.05, 3.63) is 96.1 Å². The maximum absolute atomic E-state index is 13.6. The van der Waals surface area contributed by atoms with Crippen molar-refractivity contribution >= 4 is 23.2 Å². The number of carbonyl (C=O) groups excluding carboxylic acids is 2. The number of nitrogens with zero attached hydrogens (tertiary/aromatic N) is 2. The Morgan fingerprint density at radius 3 is 2.31 bits per heavy atom. The van der Waals surface area contributed by atoms with Crippen molar-refractivity contribution in [3.8, 4) is 0 Å². The molecule has 0 fully saturated rings. The molecule has 0 spiro atoms. The second-order valence-corrected chi connectivity index (χ2v) is 8.00. The minimum absolute atomic E-state index is 0.0917. The van der Waals surface area contributed by atoms with Crippen LogP contribution in [0.2, 0.25) is 0 Å². The number of carbonyl (C=O) groups is 2. The summed E-state index contributed by atoms with van der Waals surface area (Å²) in [6, 6.07) is 27.2. The Morgan fingerprint density at radius 2 is 1.59 bits per heavy atom. The number of nitrogens with one attached hydrogen (secondary N) is 1. The monoisotopic (exact) mass is 427 g/mol. The summed E-state index contributed by atoms with van der Waals surface area (Å²) in [7, 11) is 0. The van der Waals surface area contributed by atoms with Gasteiger partial charge in [0.05, 0.1) is 6.54 Å². The largest absolute Gasteiger partial charge is 0.363 e. The molecule has 1 aliphatic rings. The fraction of sp³-hybridized carbons (Fsp3) is 0.259. The van der Waals surface area contributed by atoms with Crippen LogP contribution >= 0.6 is 0 Å². The van der Waals surface area contributed by atoms with Gasteiger partial charge in [0, 0.05) is 23.5 Å². The molecule has 1 heterocycles. The lowest BCUT2D eigenvalue weighted by molar-refractivity contribution is -0.120. The number of hydrogen-bond donors (Lipinski definition) is 1. The molecular formula is C27H29N3O2. The minimum atomic E-state index is -0.395. The van der Waals surface area contributed by atoms with Crippen molar-refractivity contribution in [1.29, 1.82) is 0 Å². The Labute approximate surface area is 189 Å². The molecule has 5 nitrogen and oxygen atoms in total. The van der Waals surface area contributed by atoms with E-state index >= 15 is 0 Å². The van der Waals surface area contributed by atoms with Crippen LogP contribution in [0.25, 0.3) is 0 Å². The van der Waals surface area contributed by atoms with Gasteiger partial charge >= 0.3 is 0 Å². The van der Waals surface area contributed by atoms with Gasteiger partial charge in [-0.2, -0.15) is 0 Å². The minimum Gasteiger partial charge on any atom is -0.363 e. The topological polar surface area (TPSA) is 52.7 Å². The zero-order valence-corrected chi connectivity index (χ0v) is 18.4. The highest BCUT2D eigenvalue weighted by Gasteiger charge is 2.31. The van der Waals surface area contributed by atoms with E-state index in [0.29, 0.717) is 12.0 Å². The molecule has 3 aromatic carbocycles. The van der Waals surface area contributed by atoms with Gasteiger partial charge in [0.15, 0.2) is 0 Å². The molecule has 32 heavy (non-hydrogen) atoms. The van der Waals surface area contributed by atoms with Gasteiger partial charge in [-0.05, 0) is 62.1 Å². The zero-order chi connectivity index (χ0) is 22.3. The van der Waals surface area contributed by atoms with Gasteiger partial charge in [-0.25, -0.2) is 0 Å². The van der Waals surface area contributed by atoms with Crippen molar-refractivity contribution in [1.82, 2.24) is 5.32 Å². The highest BCUT2D eigenvalue weighted by atomic mass is 16.2. The van der Waals surface area contributed by atoms with E-state index in [-0.39, 0.29) is 18.4 Å². The Bertz CT molecular complexity index is 1050. The van der Waals surface area contributed by atoms with E-state index < -0.39 is 6.17 Å². The summed E-state index contributed by atoms with van der Waals surface area (Å²) >= 11 is 0. The number of para-hydroxylation sites is 2. The number of rotatable bonds is 6. The number of anilines is 2. The molecule has 1 unspecified atom stereocenters. The van der Waals surface area contributed by atoms with Gasteiger partial charge in [0.2, 0.25) is 5.91 Å². The average molecular weight is 428 g/mol. The molecule has 0 saturated carbocycles. The van der Waals surface area contributed by atoms with Crippen LogP contribution in [0.4, 0.5) is 11.4 Å². The molecule has 1 atom stereocenters. The quantitative estimate of drug-likeness (QED) is 0.624. The number of aryl methyl sites for hydroxylation is 1. The van der Waals surface area contributed by atoms with E-state index in [1.807, 2.05) is 90.7 Å². The van der Waals surface area contributed by atoms with Gasteiger partial charge in [-0.15, -0.1) is 0 Å². The van der Waals surface area contributed by atoms with Crippen LogP contribution in [0.5, 0.6) is 0 Å². The predicted molar refractivity (Wildman–Crippen MR) is 129 cm³/mol. The molecular weight excluding hydrogens is 398 g/mol. The molecule has 2 amide bonds. The molecule has 0 bridgehead atoms. The first-order valence-corrected chi connectivity index (χ1v) is 11.2. The van der Waals surface area contributed by atoms with Gasteiger partial charge in [0.25, 0.3) is 5.91 Å². The highest BCUT2D eigenvalue weighted by molar-refractivity contribution is 6.07. The molecule has 0 saturated heterocycles. The van der Waals surface area contributed by atoms with Crippen LogP contribution in [0.15, 0.2) is 84.9 Å². The highest BCUT2D eigenvalue weighted by Crippen LogP contribution is 2.30. The second-order valence-electron chi connectivity index (χ2n) is 8.00. The van der Waals surface area contributed by atoms with Crippen LogP contribution in [-0.4, -0.2) is 31.1 Å². The molecule has 1 N–H and O–H groups in total. The number of amides is 2. The third-order valence-electron chi connectivity index (χ3n) is 5.89. The zero-order valence-electron chi connectivity index (χ0n) is 18.4. The Kier molecular flexibility index (Phi) is 6.85. The van der Waals surface area contributed by atoms with Gasteiger partial charge in [-0.3, -0.25) is 14.5 Å². The number of hydrogen-bond acceptors (Lipinski definition) is 3. The van der Waals surface area contributed by atoms with Crippen LogP contribution < -0.4 is 15.1 Å². The lowest BCUT2D eigenvalue weighted by Crippen LogP contribution is -2.53. The van der Waals surface area contributed by atoms with Gasteiger partial charge < -0.3 is 10.2 Å². The molecule has 4 rings (SSSR count). The maximum Gasteiger partial charge on any atom is 0.259 e. The van der Waals surface area contributed by atoms with E-state index in [0.717, 1.165) is 36.3 Å². The molecule has 3 aromatic rings. The van der Waals surface area contributed by atoms with E-state index in [9.17, 15) is 9.59 Å². The van der Waals surface area contributed by atoms with Gasteiger partial charge in [-0.1, -0.05) is 54.6 Å². The van der Waals surface area contributed by atoms with Crippen LogP contribution in [0.1, 0.15) is 35.7 Å². The molecule has 5 heteroatoms. The summed E-state index contributed by atoms with van der Waals surface area (Å²) in [5, 5.41) is 3.16. The van der Waals surface area contributed by atoms with Crippen molar-refractivity contribution in [2.24, 2.45) is 0 Å². The lowest BCUT2D eigenvalue weighted by atomic mass is 10.1. The summed E-state index contributed by atoms with van der Waals surface area (Å²) in [5.41, 5.74) is 3.63. The van der Waals surface area contributed by atoms with Crippen LogP contribution in [-0.2, 0) is 11.2 Å². The fourth-order valence-electron chi connectivity index (χ4n) is 4.28. The summed E-state index contributed by atoms with van der Waals surface area (Å²) in [6.45, 7) is 3.00. The summed E-state index contributed by atoms with van der Waals surface area (Å²) in [5.74, 6) is -0.188. The molecule has 164 valence electrons. The lowest BCUT2D eigenvalue weighted by Gasteiger charge is -2.33. The third kappa shape index (κ3) is 4.83. The number of fused-ring (bicyclic) bond motifs is 1. The smallest absolute Gasteiger partial charge is 0.259 e. The predicted octanol–water partition coefficient (Wildman–Crippen LogP) is 4.64. The standard InChI is InChI=1S/C27H29N3O2/c1-2-29(23-16-7-4-8-17-23)20-26(31)28-25-19-11-15-21-12-9-10-18-24(21)30(25)27(32)22-13-5-3-6-14-22/h3-10,12-14,16-18,25H,2,11,15,19-20H2,1H3,(H,28,31). The number of likely N-dealkylation sites (N-methyl/N-ethyl adjacent to an activating group) is 1. The van der Waals surface area contributed by atoms with Crippen molar-refractivity contribution < 1.29 is 9.59 Å². The maximum atomic E-state index is 13.6. The van der Waals surface area contributed by atoms with E-state index in [1.165, 1.54) is 0 Å². The Hall–Kier alpha value is -3.60. The summed E-state index contributed by atoms with van der Waals surface area (Å²) in [6.07, 6.45) is 2.09. The van der Waals surface area contributed by atoms with Crippen molar-refractivity contribution in [3.63, 3.8) is 0 Å². The normalized spacial score (nSPS) is 15.4. The molecule has 0 aliphatic carbocycles. The SMILES string of the molecule is CCN(CC(=O)NC1CCCc2ccccc2N1C(=O)c1ccccc1)c1ccccc1. The average Bonchev–Trinajstić information content (AvgIpc) is 3.02. The Balaban J connectivity index is 1.59. The second kappa shape index (κ2) is 10.1. The first-order chi connectivity index (χ1) is 15.7. The van der Waals surface area contributed by atoms with E-state index in [1.54, 1.807) is 4.90 Å².